The molecule has 3 N–H and O–H groups in total. The van der Waals surface area contributed by atoms with Crippen molar-refractivity contribution in [2.24, 2.45) is 0 Å². The molecule has 0 aliphatic rings. The third-order valence-electron chi connectivity index (χ3n) is 4.18. The molecule has 0 spiro atoms. The maximum Gasteiger partial charge on any atom is 0.273 e. The monoisotopic (exact) mass is 415 g/mol. The first-order valence-electron chi connectivity index (χ1n) is 8.59. The molecule has 150 valence electrons. The van der Waals surface area contributed by atoms with E-state index in [4.69, 9.17) is 20.9 Å². The van der Waals surface area contributed by atoms with E-state index in [0.29, 0.717) is 17.2 Å². The highest BCUT2D eigenvalue weighted by Gasteiger charge is 2.17. The molecule has 0 aliphatic carbocycles. The lowest BCUT2D eigenvalue weighted by atomic mass is 10.2. The molecular formula is C20H18ClN3O5. The molecule has 1 aromatic heterocycles. The van der Waals surface area contributed by atoms with Gasteiger partial charge in [0.2, 0.25) is 0 Å². The third-order valence-corrected chi connectivity index (χ3v) is 4.41. The number of aromatic nitrogens is 1. The average Bonchev–Trinajstić information content (AvgIpc) is 3.03. The Morgan fingerprint density at radius 3 is 2.48 bits per heavy atom. The van der Waals surface area contributed by atoms with E-state index in [-0.39, 0.29) is 28.5 Å². The van der Waals surface area contributed by atoms with Crippen molar-refractivity contribution in [1.29, 1.82) is 0 Å². The number of nitrogens with zero attached hydrogens (tertiary/aromatic N) is 1. The number of aryl methyl sites for hydroxylation is 2. The van der Waals surface area contributed by atoms with Gasteiger partial charge in [-0.05, 0) is 44.2 Å². The zero-order valence-electron chi connectivity index (χ0n) is 15.7. The first-order valence-corrected chi connectivity index (χ1v) is 8.97. The van der Waals surface area contributed by atoms with Crippen molar-refractivity contribution in [2.75, 3.05) is 0 Å². The predicted molar refractivity (Wildman–Crippen MR) is 105 cm³/mol. The molecule has 9 heteroatoms. The minimum absolute atomic E-state index is 0.0688. The van der Waals surface area contributed by atoms with Crippen molar-refractivity contribution in [3.63, 3.8) is 0 Å². The Kier molecular flexibility index (Phi) is 6.04. The molecule has 2 aromatic carbocycles. The van der Waals surface area contributed by atoms with Crippen molar-refractivity contribution in [1.82, 2.24) is 16.0 Å². The number of phenolic OH excluding ortho intramolecular Hbond substituents is 1. The number of para-hydroxylation sites is 1. The van der Waals surface area contributed by atoms with Crippen LogP contribution in [-0.2, 0) is 6.61 Å². The summed E-state index contributed by atoms with van der Waals surface area (Å²) in [5, 5.41) is 13.9. The second kappa shape index (κ2) is 8.66. The predicted octanol–water partition coefficient (Wildman–Crippen LogP) is 3.30. The van der Waals surface area contributed by atoms with Crippen LogP contribution in [0.3, 0.4) is 0 Å². The normalized spacial score (nSPS) is 10.4. The second-order valence-electron chi connectivity index (χ2n) is 6.16. The van der Waals surface area contributed by atoms with Crippen LogP contribution in [0.25, 0.3) is 0 Å². The van der Waals surface area contributed by atoms with Crippen LogP contribution in [0.1, 0.15) is 37.7 Å². The lowest BCUT2D eigenvalue weighted by molar-refractivity contribution is 0.0842. The van der Waals surface area contributed by atoms with Gasteiger partial charge in [-0.25, -0.2) is 0 Å². The summed E-state index contributed by atoms with van der Waals surface area (Å²) in [5.41, 5.74) is 6.19. The lowest BCUT2D eigenvalue weighted by Crippen LogP contribution is -2.41. The minimum atomic E-state index is -0.715. The molecule has 0 saturated carbocycles. The first kappa shape index (κ1) is 20.2. The fourth-order valence-electron chi connectivity index (χ4n) is 2.58. The average molecular weight is 416 g/mol. The highest BCUT2D eigenvalue weighted by atomic mass is 35.5. The van der Waals surface area contributed by atoms with Crippen molar-refractivity contribution in [2.45, 2.75) is 20.5 Å². The largest absolute Gasteiger partial charge is 0.507 e. The van der Waals surface area contributed by atoms with E-state index in [9.17, 15) is 14.7 Å². The number of carbonyl (C=O) groups excluding carboxylic acids is 2. The van der Waals surface area contributed by atoms with Crippen LogP contribution in [0.2, 0.25) is 5.02 Å². The topological polar surface area (TPSA) is 114 Å². The number of amides is 2. The minimum Gasteiger partial charge on any atom is -0.507 e. The number of phenols is 1. The maximum atomic E-state index is 12.5. The Morgan fingerprint density at radius 1 is 1.10 bits per heavy atom. The Hall–Kier alpha value is -3.52. The molecule has 29 heavy (non-hydrogen) atoms. The Balaban J connectivity index is 1.68. The molecule has 3 rings (SSSR count). The summed E-state index contributed by atoms with van der Waals surface area (Å²) >= 11 is 5.83. The SMILES string of the molecule is Cc1noc(C)c1COc1ccccc1C(=O)NNC(=O)c1cc(Cl)ccc1O. The van der Waals surface area contributed by atoms with Crippen LogP contribution in [0.4, 0.5) is 0 Å². The summed E-state index contributed by atoms with van der Waals surface area (Å²) in [6.07, 6.45) is 0. The van der Waals surface area contributed by atoms with E-state index < -0.39 is 11.8 Å². The lowest BCUT2D eigenvalue weighted by Gasteiger charge is -2.12. The maximum absolute atomic E-state index is 12.5. The zero-order chi connectivity index (χ0) is 21.0. The number of benzene rings is 2. The van der Waals surface area contributed by atoms with Crippen LogP contribution >= 0.6 is 11.6 Å². The fraction of sp³-hybridized carbons (Fsp3) is 0.150. The highest BCUT2D eigenvalue weighted by Crippen LogP contribution is 2.22. The molecule has 0 aliphatic heterocycles. The van der Waals surface area contributed by atoms with Crippen LogP contribution in [0.15, 0.2) is 47.0 Å². The molecular weight excluding hydrogens is 398 g/mol. The van der Waals surface area contributed by atoms with Gasteiger partial charge in [0.15, 0.2) is 0 Å². The van der Waals surface area contributed by atoms with Crippen molar-refractivity contribution in [3.8, 4) is 11.5 Å². The van der Waals surface area contributed by atoms with Crippen LogP contribution in [-0.4, -0.2) is 22.1 Å². The van der Waals surface area contributed by atoms with Crippen LogP contribution in [0.5, 0.6) is 11.5 Å². The van der Waals surface area contributed by atoms with Gasteiger partial charge in [-0.3, -0.25) is 20.4 Å². The summed E-state index contributed by atoms with van der Waals surface area (Å²) in [4.78, 5) is 24.7. The first-order chi connectivity index (χ1) is 13.9. The molecule has 0 bridgehead atoms. The van der Waals surface area contributed by atoms with Gasteiger partial charge < -0.3 is 14.4 Å². The van der Waals surface area contributed by atoms with Gasteiger partial charge in [-0.1, -0.05) is 28.9 Å². The van der Waals surface area contributed by atoms with Gasteiger partial charge in [0.05, 0.1) is 22.4 Å². The molecule has 1 heterocycles. The molecule has 8 nitrogen and oxygen atoms in total. The number of hydrazine groups is 1. The van der Waals surface area contributed by atoms with E-state index in [1.54, 1.807) is 38.1 Å². The van der Waals surface area contributed by atoms with Crippen LogP contribution < -0.4 is 15.6 Å². The number of rotatable bonds is 5. The Labute approximate surface area is 171 Å². The smallest absolute Gasteiger partial charge is 0.273 e. The number of carbonyl (C=O) groups is 2. The number of hydrogen-bond donors (Lipinski definition) is 3. The van der Waals surface area contributed by atoms with Gasteiger partial charge in [0, 0.05) is 5.02 Å². The van der Waals surface area contributed by atoms with Gasteiger partial charge >= 0.3 is 0 Å². The van der Waals surface area contributed by atoms with Gasteiger partial charge in [0.1, 0.15) is 23.9 Å². The van der Waals surface area contributed by atoms with Gasteiger partial charge in [0.25, 0.3) is 11.8 Å². The molecule has 2 amide bonds. The van der Waals surface area contributed by atoms with Crippen molar-refractivity contribution < 1.29 is 24.0 Å². The fourth-order valence-corrected chi connectivity index (χ4v) is 2.75. The molecule has 0 fully saturated rings. The summed E-state index contributed by atoms with van der Waals surface area (Å²) in [6.45, 7) is 3.75. The number of ether oxygens (including phenoxy) is 1. The molecule has 0 unspecified atom stereocenters. The van der Waals surface area contributed by atoms with E-state index >= 15 is 0 Å². The molecule has 3 aromatic rings. The number of nitrogens with one attached hydrogen (secondary N) is 2. The van der Waals surface area contributed by atoms with Crippen molar-refractivity contribution in [3.05, 3.63) is 75.6 Å². The van der Waals surface area contributed by atoms with Gasteiger partial charge in [-0.2, -0.15) is 0 Å². The van der Waals surface area contributed by atoms with Crippen molar-refractivity contribution >= 4 is 23.4 Å². The van der Waals surface area contributed by atoms with E-state index in [1.165, 1.54) is 18.2 Å². The van der Waals surface area contributed by atoms with Gasteiger partial charge in [-0.15, -0.1) is 0 Å². The number of halogens is 1. The third kappa shape index (κ3) is 4.67. The highest BCUT2D eigenvalue weighted by molar-refractivity contribution is 6.31. The second-order valence-corrected chi connectivity index (χ2v) is 6.59. The molecule has 0 saturated heterocycles. The summed E-state index contributed by atoms with van der Waals surface area (Å²) < 4.78 is 10.9. The van der Waals surface area contributed by atoms with Crippen LogP contribution in [0, 0.1) is 13.8 Å². The molecule has 0 atom stereocenters. The van der Waals surface area contributed by atoms with E-state index in [2.05, 4.69) is 16.0 Å². The standard InChI is InChI=1S/C20H18ClN3O5/c1-11-16(12(2)29-24-11)10-28-18-6-4-3-5-14(18)19(26)22-23-20(27)15-9-13(21)7-8-17(15)25/h3-9,25H,10H2,1-2H3,(H,22,26)(H,23,27). The zero-order valence-corrected chi connectivity index (χ0v) is 16.4. The number of hydrogen-bond acceptors (Lipinski definition) is 6. The Bertz CT molecular complexity index is 1040. The summed E-state index contributed by atoms with van der Waals surface area (Å²) in [5.74, 6) is -0.603. The quantitative estimate of drug-likeness (QED) is 0.551. The summed E-state index contributed by atoms with van der Waals surface area (Å²) in [6, 6.07) is 10.6. The van der Waals surface area contributed by atoms with E-state index in [1.807, 2.05) is 0 Å². The summed E-state index contributed by atoms with van der Waals surface area (Å²) in [7, 11) is 0. The Morgan fingerprint density at radius 2 is 1.79 bits per heavy atom. The molecule has 0 radical (unpaired) electrons. The number of aromatic hydroxyl groups is 1. The van der Waals surface area contributed by atoms with E-state index in [0.717, 1.165) is 5.56 Å².